The number of unbranched alkanes of at least 4 members (excludes halogenated alkanes) is 1. The predicted molar refractivity (Wildman–Crippen MR) is 146 cm³/mol. The average Bonchev–Trinajstić information content (AvgIpc) is 3.24. The standard InChI is InChI=1S/C31H41NO5/c1-36-26-17-15-25(16-18-26)24-13-11-23(12-14-24)22-37-29-21-28(33)31(32-19-7-4-8-20-32)27(29)9-5-2-3-6-10-30(34)35/h2,5,11-18,27-29,31,33H,3-4,6-10,19-22H2,1H3,(H,34,35)/b5-2-/t27-,28+,29-,31+/m0/s1. The van der Waals surface area contributed by atoms with Crippen LogP contribution in [0.25, 0.3) is 11.1 Å². The number of aliphatic hydroxyl groups excluding tert-OH is 1. The van der Waals surface area contributed by atoms with Crippen LogP contribution in [-0.2, 0) is 16.1 Å². The van der Waals surface area contributed by atoms with Crippen molar-refractivity contribution in [2.45, 2.75) is 76.2 Å². The van der Waals surface area contributed by atoms with Crippen LogP contribution in [-0.4, -0.2) is 59.5 Å². The lowest BCUT2D eigenvalue weighted by Gasteiger charge is -2.37. The molecular weight excluding hydrogens is 466 g/mol. The molecule has 6 nitrogen and oxygen atoms in total. The first-order valence-corrected chi connectivity index (χ1v) is 13.7. The van der Waals surface area contributed by atoms with Gasteiger partial charge in [0, 0.05) is 24.8 Å². The second-order valence-corrected chi connectivity index (χ2v) is 10.3. The molecule has 37 heavy (non-hydrogen) atoms. The summed E-state index contributed by atoms with van der Waals surface area (Å²) in [4.78, 5) is 13.2. The van der Waals surface area contributed by atoms with Crippen molar-refractivity contribution in [3.8, 4) is 16.9 Å². The van der Waals surface area contributed by atoms with E-state index in [0.717, 1.165) is 48.4 Å². The minimum atomic E-state index is -0.747. The third-order valence-corrected chi connectivity index (χ3v) is 7.77. The van der Waals surface area contributed by atoms with Crippen LogP contribution >= 0.6 is 0 Å². The molecule has 4 atom stereocenters. The Balaban J connectivity index is 1.38. The molecule has 0 aromatic heterocycles. The molecule has 2 N–H and O–H groups in total. The molecule has 1 aliphatic carbocycles. The van der Waals surface area contributed by atoms with Gasteiger partial charge in [-0.15, -0.1) is 0 Å². The molecule has 0 unspecified atom stereocenters. The van der Waals surface area contributed by atoms with Crippen LogP contribution in [0.3, 0.4) is 0 Å². The molecule has 6 heteroatoms. The maximum atomic E-state index is 11.1. The first-order valence-electron chi connectivity index (χ1n) is 13.7. The summed E-state index contributed by atoms with van der Waals surface area (Å²) in [5.41, 5.74) is 3.42. The lowest BCUT2D eigenvalue weighted by molar-refractivity contribution is -0.137. The van der Waals surface area contributed by atoms with Gasteiger partial charge in [-0.2, -0.15) is 0 Å². The van der Waals surface area contributed by atoms with E-state index in [0.29, 0.717) is 19.4 Å². The van der Waals surface area contributed by atoms with E-state index >= 15 is 0 Å². The number of likely N-dealkylation sites (tertiary alicyclic amines) is 1. The lowest BCUT2D eigenvalue weighted by atomic mass is 9.93. The van der Waals surface area contributed by atoms with Crippen LogP contribution in [0.15, 0.2) is 60.7 Å². The second kappa shape index (κ2) is 13.8. The zero-order chi connectivity index (χ0) is 26.0. The van der Waals surface area contributed by atoms with Gasteiger partial charge in [0.2, 0.25) is 0 Å². The van der Waals surface area contributed by atoms with Crippen LogP contribution in [0.2, 0.25) is 0 Å². The van der Waals surface area contributed by atoms with Crippen LogP contribution in [0, 0.1) is 5.92 Å². The van der Waals surface area contributed by atoms with Gasteiger partial charge < -0.3 is 19.7 Å². The Labute approximate surface area is 220 Å². The second-order valence-electron chi connectivity index (χ2n) is 10.3. The molecule has 1 heterocycles. The van der Waals surface area contributed by atoms with Crippen molar-refractivity contribution in [2.75, 3.05) is 20.2 Å². The van der Waals surface area contributed by atoms with Crippen LogP contribution < -0.4 is 4.74 Å². The molecule has 0 spiro atoms. The number of hydrogen-bond donors (Lipinski definition) is 2. The maximum absolute atomic E-state index is 11.1. The highest BCUT2D eigenvalue weighted by atomic mass is 16.5. The summed E-state index contributed by atoms with van der Waals surface area (Å²) in [6, 6.07) is 16.7. The summed E-state index contributed by atoms with van der Waals surface area (Å²) in [6.45, 7) is 2.60. The van der Waals surface area contributed by atoms with E-state index in [1.165, 1.54) is 19.3 Å². The number of aliphatic carboxylic acids is 1. The Morgan fingerprint density at radius 2 is 1.68 bits per heavy atom. The highest BCUT2D eigenvalue weighted by molar-refractivity contribution is 5.66. The molecule has 0 bridgehead atoms. The molecular formula is C31H41NO5. The molecule has 2 fully saturated rings. The van der Waals surface area contributed by atoms with Crippen molar-refractivity contribution in [2.24, 2.45) is 5.92 Å². The van der Waals surface area contributed by atoms with Gasteiger partial charge in [-0.3, -0.25) is 9.69 Å². The molecule has 2 aromatic carbocycles. The minimum absolute atomic E-state index is 0.00754. The number of nitrogens with zero attached hydrogens (tertiary/aromatic N) is 1. The Bertz CT molecular complexity index is 997. The van der Waals surface area contributed by atoms with Gasteiger partial charge in [0.05, 0.1) is 25.9 Å². The topological polar surface area (TPSA) is 79.2 Å². The van der Waals surface area contributed by atoms with Crippen LogP contribution in [0.5, 0.6) is 5.75 Å². The SMILES string of the molecule is COc1ccc(-c2ccc(CO[C@H]3C[C@@H](O)[C@H](N4CCCCC4)[C@H]3C/C=C\CCCC(=O)O)cc2)cc1. The number of methoxy groups -OCH3 is 1. The van der Waals surface area contributed by atoms with Gasteiger partial charge in [-0.05, 0) is 74.0 Å². The largest absolute Gasteiger partial charge is 0.497 e. The molecule has 200 valence electrons. The molecule has 0 radical (unpaired) electrons. The van der Waals surface area contributed by atoms with Crippen molar-refractivity contribution >= 4 is 5.97 Å². The van der Waals surface area contributed by atoms with Gasteiger partial charge in [-0.1, -0.05) is 55.0 Å². The van der Waals surface area contributed by atoms with E-state index in [1.54, 1.807) is 7.11 Å². The summed E-state index contributed by atoms with van der Waals surface area (Å²) < 4.78 is 11.7. The fourth-order valence-electron chi connectivity index (χ4n) is 5.79. The summed E-state index contributed by atoms with van der Waals surface area (Å²) in [7, 11) is 1.67. The quantitative estimate of drug-likeness (QED) is 0.284. The first-order chi connectivity index (χ1) is 18.0. The zero-order valence-electron chi connectivity index (χ0n) is 21.9. The van der Waals surface area contributed by atoms with Gasteiger partial charge in [0.15, 0.2) is 0 Å². The molecule has 4 rings (SSSR count). The molecule has 2 aromatic rings. The van der Waals surface area contributed by atoms with Gasteiger partial charge in [0.1, 0.15) is 5.75 Å². The first kappa shape index (κ1) is 27.4. The maximum Gasteiger partial charge on any atom is 0.303 e. The van der Waals surface area contributed by atoms with E-state index in [1.807, 2.05) is 12.1 Å². The number of allylic oxidation sites excluding steroid dienone is 2. The molecule has 1 saturated carbocycles. The number of carboxylic acids is 1. The van der Waals surface area contributed by atoms with Gasteiger partial charge in [-0.25, -0.2) is 0 Å². The van der Waals surface area contributed by atoms with Gasteiger partial charge >= 0.3 is 5.97 Å². The predicted octanol–water partition coefficient (Wildman–Crippen LogP) is 5.68. The van der Waals surface area contributed by atoms with Crippen LogP contribution in [0.1, 0.15) is 56.9 Å². The van der Waals surface area contributed by atoms with Crippen molar-refractivity contribution in [3.05, 3.63) is 66.2 Å². The van der Waals surface area contributed by atoms with Crippen LogP contribution in [0.4, 0.5) is 0 Å². The summed E-state index contributed by atoms with van der Waals surface area (Å²) >= 11 is 0. The van der Waals surface area contributed by atoms with E-state index in [-0.39, 0.29) is 30.6 Å². The Morgan fingerprint density at radius 3 is 2.32 bits per heavy atom. The van der Waals surface area contributed by atoms with Crippen molar-refractivity contribution in [1.29, 1.82) is 0 Å². The van der Waals surface area contributed by atoms with E-state index in [9.17, 15) is 9.90 Å². The normalized spacial score (nSPS) is 24.5. The summed E-state index contributed by atoms with van der Waals surface area (Å²) in [5.74, 6) is 0.324. The van der Waals surface area contributed by atoms with E-state index in [4.69, 9.17) is 14.6 Å². The molecule has 2 aliphatic rings. The third kappa shape index (κ3) is 7.67. The number of piperidine rings is 1. The fourth-order valence-corrected chi connectivity index (χ4v) is 5.79. The number of carboxylic acid groups (broad SMARTS) is 1. The Kier molecular flexibility index (Phi) is 10.2. The highest BCUT2D eigenvalue weighted by Crippen LogP contribution is 2.37. The number of rotatable bonds is 12. The van der Waals surface area contributed by atoms with Gasteiger partial charge in [0.25, 0.3) is 0 Å². The minimum Gasteiger partial charge on any atom is -0.497 e. The third-order valence-electron chi connectivity index (χ3n) is 7.77. The highest BCUT2D eigenvalue weighted by Gasteiger charge is 2.45. The molecule has 0 amide bonds. The number of aliphatic hydroxyl groups is 1. The smallest absolute Gasteiger partial charge is 0.303 e. The number of carbonyl (C=O) groups is 1. The fraction of sp³-hybridized carbons (Fsp3) is 0.516. The van der Waals surface area contributed by atoms with Crippen molar-refractivity contribution < 1.29 is 24.5 Å². The Morgan fingerprint density at radius 1 is 1.00 bits per heavy atom. The number of hydrogen-bond acceptors (Lipinski definition) is 5. The zero-order valence-corrected chi connectivity index (χ0v) is 21.9. The number of benzene rings is 2. The van der Waals surface area contributed by atoms with Crippen molar-refractivity contribution in [1.82, 2.24) is 4.90 Å². The average molecular weight is 508 g/mol. The monoisotopic (exact) mass is 507 g/mol. The lowest BCUT2D eigenvalue weighted by Crippen LogP contribution is -2.47. The molecule has 1 aliphatic heterocycles. The summed E-state index contributed by atoms with van der Waals surface area (Å²) in [6.07, 6.45) is 10.6. The Hall–Kier alpha value is -2.67. The van der Waals surface area contributed by atoms with E-state index < -0.39 is 5.97 Å². The van der Waals surface area contributed by atoms with E-state index in [2.05, 4.69) is 53.5 Å². The summed E-state index contributed by atoms with van der Waals surface area (Å²) in [5, 5.41) is 19.9. The van der Waals surface area contributed by atoms with Crippen molar-refractivity contribution in [3.63, 3.8) is 0 Å². The molecule has 1 saturated heterocycles. The number of ether oxygens (including phenoxy) is 2.